The highest BCUT2D eigenvalue weighted by Crippen LogP contribution is 2.32. The molecule has 3 atom stereocenters. The number of sulfonamides is 1. The predicted octanol–water partition coefficient (Wildman–Crippen LogP) is 1.14. The quantitative estimate of drug-likeness (QED) is 0.826. The molecule has 0 amide bonds. The fourth-order valence-electron chi connectivity index (χ4n) is 3.79. The molecule has 1 saturated heterocycles. The second kappa shape index (κ2) is 7.40. The van der Waals surface area contributed by atoms with Crippen LogP contribution in [-0.2, 0) is 10.0 Å². The van der Waals surface area contributed by atoms with Gasteiger partial charge in [0.15, 0.2) is 0 Å². The molecule has 0 aromatic carbocycles. The summed E-state index contributed by atoms with van der Waals surface area (Å²) in [4.78, 5) is 2.32. The van der Waals surface area contributed by atoms with E-state index in [1.54, 1.807) is 4.31 Å². The number of nitrogens with zero attached hydrogens (tertiary/aromatic N) is 2. The van der Waals surface area contributed by atoms with Crippen molar-refractivity contribution in [2.24, 2.45) is 11.8 Å². The third-order valence-corrected chi connectivity index (χ3v) is 6.34. The SMILES string of the molecule is CCCC1CCC(O)C(CN2CCN(S(C)(=O)=O)CC2)C1. The highest BCUT2D eigenvalue weighted by molar-refractivity contribution is 7.88. The second-order valence-electron chi connectivity index (χ2n) is 6.76. The van der Waals surface area contributed by atoms with Crippen LogP contribution >= 0.6 is 0 Å². The summed E-state index contributed by atoms with van der Waals surface area (Å²) in [6.07, 6.45) is 6.81. The highest BCUT2D eigenvalue weighted by Gasteiger charge is 2.31. The first-order valence-electron chi connectivity index (χ1n) is 8.25. The lowest BCUT2D eigenvalue weighted by atomic mass is 9.77. The van der Waals surface area contributed by atoms with Crippen LogP contribution in [0, 0.1) is 11.8 Å². The maximum atomic E-state index is 11.5. The molecule has 0 bridgehead atoms. The van der Waals surface area contributed by atoms with Gasteiger partial charge in [-0.15, -0.1) is 0 Å². The van der Waals surface area contributed by atoms with Crippen LogP contribution < -0.4 is 0 Å². The molecule has 2 aliphatic rings. The van der Waals surface area contributed by atoms with E-state index in [9.17, 15) is 13.5 Å². The Morgan fingerprint density at radius 1 is 1.14 bits per heavy atom. The summed E-state index contributed by atoms with van der Waals surface area (Å²) in [5, 5.41) is 10.2. The van der Waals surface area contributed by atoms with E-state index in [-0.39, 0.29) is 6.10 Å². The first kappa shape index (κ1) is 17.2. The molecule has 1 aliphatic heterocycles. The van der Waals surface area contributed by atoms with Crippen molar-refractivity contribution >= 4 is 10.0 Å². The molecule has 3 unspecified atom stereocenters. The average molecular weight is 318 g/mol. The predicted molar refractivity (Wildman–Crippen MR) is 84.6 cm³/mol. The number of hydrogen-bond donors (Lipinski definition) is 1. The Labute approximate surface area is 129 Å². The van der Waals surface area contributed by atoms with Gasteiger partial charge >= 0.3 is 0 Å². The van der Waals surface area contributed by atoms with Crippen LogP contribution in [0.4, 0.5) is 0 Å². The summed E-state index contributed by atoms with van der Waals surface area (Å²) in [5.74, 6) is 1.13. The Hall–Kier alpha value is -0.170. The zero-order valence-electron chi connectivity index (χ0n) is 13.4. The van der Waals surface area contributed by atoms with Gasteiger partial charge in [-0.2, -0.15) is 4.31 Å². The van der Waals surface area contributed by atoms with Crippen molar-refractivity contribution in [2.75, 3.05) is 39.0 Å². The van der Waals surface area contributed by atoms with Crippen LogP contribution in [0.1, 0.15) is 39.0 Å². The van der Waals surface area contributed by atoms with Gasteiger partial charge in [-0.3, -0.25) is 0 Å². The Kier molecular flexibility index (Phi) is 6.05. The molecule has 0 spiro atoms. The average Bonchev–Trinajstić information content (AvgIpc) is 2.42. The molecule has 2 rings (SSSR count). The third kappa shape index (κ3) is 4.91. The van der Waals surface area contributed by atoms with E-state index in [4.69, 9.17) is 0 Å². The Morgan fingerprint density at radius 3 is 2.38 bits per heavy atom. The number of rotatable bonds is 5. The van der Waals surface area contributed by atoms with Crippen LogP contribution in [-0.4, -0.2) is 67.8 Å². The van der Waals surface area contributed by atoms with E-state index in [0.717, 1.165) is 44.8 Å². The van der Waals surface area contributed by atoms with Gasteiger partial charge in [0.05, 0.1) is 12.4 Å². The summed E-state index contributed by atoms with van der Waals surface area (Å²) in [5.41, 5.74) is 0. The topological polar surface area (TPSA) is 60.9 Å². The minimum absolute atomic E-state index is 0.175. The lowest BCUT2D eigenvalue weighted by Gasteiger charge is -2.39. The van der Waals surface area contributed by atoms with Gasteiger partial charge in [0.1, 0.15) is 0 Å². The van der Waals surface area contributed by atoms with Crippen molar-refractivity contribution < 1.29 is 13.5 Å². The van der Waals surface area contributed by atoms with Crippen molar-refractivity contribution in [3.8, 4) is 0 Å². The first-order valence-corrected chi connectivity index (χ1v) is 10.1. The van der Waals surface area contributed by atoms with Crippen LogP contribution in [0.15, 0.2) is 0 Å². The smallest absolute Gasteiger partial charge is 0.211 e. The Bertz CT molecular complexity index is 419. The lowest BCUT2D eigenvalue weighted by molar-refractivity contribution is 0.0203. The van der Waals surface area contributed by atoms with Gasteiger partial charge in [-0.05, 0) is 31.1 Å². The van der Waals surface area contributed by atoms with Crippen molar-refractivity contribution in [1.82, 2.24) is 9.21 Å². The van der Waals surface area contributed by atoms with E-state index < -0.39 is 10.0 Å². The normalized spacial score (nSPS) is 33.2. The Balaban J connectivity index is 1.81. The zero-order chi connectivity index (χ0) is 15.5. The minimum atomic E-state index is -3.05. The van der Waals surface area contributed by atoms with Crippen LogP contribution in [0.3, 0.4) is 0 Å². The summed E-state index contributed by atoms with van der Waals surface area (Å²) >= 11 is 0. The molecular formula is C15H30N2O3S. The van der Waals surface area contributed by atoms with Crippen LogP contribution in [0.2, 0.25) is 0 Å². The highest BCUT2D eigenvalue weighted by atomic mass is 32.2. The molecule has 5 nitrogen and oxygen atoms in total. The van der Waals surface area contributed by atoms with Crippen molar-refractivity contribution in [1.29, 1.82) is 0 Å². The van der Waals surface area contributed by atoms with E-state index in [1.165, 1.54) is 19.1 Å². The largest absolute Gasteiger partial charge is 0.393 e. The summed E-state index contributed by atoms with van der Waals surface area (Å²) in [6, 6.07) is 0. The van der Waals surface area contributed by atoms with Gasteiger partial charge in [0.25, 0.3) is 0 Å². The molecule has 6 heteroatoms. The number of piperazine rings is 1. The van der Waals surface area contributed by atoms with E-state index in [1.807, 2.05) is 0 Å². The third-order valence-electron chi connectivity index (χ3n) is 5.04. The van der Waals surface area contributed by atoms with Gasteiger partial charge in [0.2, 0.25) is 10.0 Å². The second-order valence-corrected chi connectivity index (χ2v) is 8.74. The molecular weight excluding hydrogens is 288 g/mol. The van der Waals surface area contributed by atoms with Crippen molar-refractivity contribution in [3.63, 3.8) is 0 Å². The number of aliphatic hydroxyl groups excluding tert-OH is 1. The van der Waals surface area contributed by atoms with E-state index >= 15 is 0 Å². The molecule has 0 aromatic heterocycles. The minimum Gasteiger partial charge on any atom is -0.393 e. The molecule has 1 aliphatic carbocycles. The molecule has 1 saturated carbocycles. The molecule has 2 fully saturated rings. The monoisotopic (exact) mass is 318 g/mol. The zero-order valence-corrected chi connectivity index (χ0v) is 14.2. The van der Waals surface area contributed by atoms with Crippen molar-refractivity contribution in [3.05, 3.63) is 0 Å². The fraction of sp³-hybridized carbons (Fsp3) is 1.00. The van der Waals surface area contributed by atoms with Crippen LogP contribution in [0.25, 0.3) is 0 Å². The number of aliphatic hydroxyl groups is 1. The van der Waals surface area contributed by atoms with Gasteiger partial charge in [-0.25, -0.2) is 8.42 Å². The van der Waals surface area contributed by atoms with Gasteiger partial charge in [0, 0.05) is 32.7 Å². The van der Waals surface area contributed by atoms with Gasteiger partial charge in [-0.1, -0.05) is 19.8 Å². The lowest BCUT2D eigenvalue weighted by Crippen LogP contribution is -2.50. The van der Waals surface area contributed by atoms with E-state index in [0.29, 0.717) is 19.0 Å². The summed E-state index contributed by atoms with van der Waals surface area (Å²) < 4.78 is 24.6. The maximum Gasteiger partial charge on any atom is 0.211 e. The summed E-state index contributed by atoms with van der Waals surface area (Å²) in [7, 11) is -3.05. The van der Waals surface area contributed by atoms with E-state index in [2.05, 4.69) is 11.8 Å². The summed E-state index contributed by atoms with van der Waals surface area (Å²) in [6.45, 7) is 5.88. The molecule has 1 N–H and O–H groups in total. The first-order chi connectivity index (χ1) is 9.90. The molecule has 1 heterocycles. The maximum absolute atomic E-state index is 11.5. The molecule has 0 aromatic rings. The standard InChI is InChI=1S/C15H30N2O3S/c1-3-4-13-5-6-15(18)14(11-13)12-16-7-9-17(10-8-16)21(2,19)20/h13-15,18H,3-12H2,1-2H3. The fourth-order valence-corrected chi connectivity index (χ4v) is 4.61. The van der Waals surface area contributed by atoms with Gasteiger partial charge < -0.3 is 10.0 Å². The van der Waals surface area contributed by atoms with Crippen molar-refractivity contribution in [2.45, 2.75) is 45.1 Å². The van der Waals surface area contributed by atoms with Crippen LogP contribution in [0.5, 0.6) is 0 Å². The molecule has 124 valence electrons. The molecule has 21 heavy (non-hydrogen) atoms. The number of hydrogen-bond acceptors (Lipinski definition) is 4. The Morgan fingerprint density at radius 2 is 1.81 bits per heavy atom. The molecule has 0 radical (unpaired) electrons.